The second-order valence-electron chi connectivity index (χ2n) is 6.18. The standard InChI is InChI=1S/C16H20N4OS/c1-11-9-14(12(2)20(11)16-17-4-8-22-16)15(21)19-7-6-18-5-3-13(19)10-18/h4,8-9,13H,3,5-7,10H2,1-2H3. The molecule has 2 saturated heterocycles. The summed E-state index contributed by atoms with van der Waals surface area (Å²) in [6, 6.07) is 2.41. The second kappa shape index (κ2) is 5.21. The fourth-order valence-electron chi connectivity index (χ4n) is 3.72. The molecule has 0 saturated carbocycles. The lowest BCUT2D eigenvalue weighted by Gasteiger charge is -2.34. The highest BCUT2D eigenvalue weighted by Gasteiger charge is 2.36. The van der Waals surface area contributed by atoms with Gasteiger partial charge in [-0.25, -0.2) is 4.98 Å². The minimum absolute atomic E-state index is 0.183. The number of fused-ring (bicyclic) bond motifs is 2. The molecule has 5 nitrogen and oxygen atoms in total. The Morgan fingerprint density at radius 3 is 2.95 bits per heavy atom. The average Bonchev–Trinajstić information content (AvgIpc) is 3.20. The van der Waals surface area contributed by atoms with Gasteiger partial charge in [0.1, 0.15) is 0 Å². The summed E-state index contributed by atoms with van der Waals surface area (Å²) in [5.41, 5.74) is 2.90. The molecule has 2 aromatic heterocycles. The molecule has 2 fully saturated rings. The number of carbonyl (C=O) groups excluding carboxylic acids is 1. The zero-order valence-electron chi connectivity index (χ0n) is 13.0. The van der Waals surface area contributed by atoms with Crippen LogP contribution in [0.4, 0.5) is 0 Å². The van der Waals surface area contributed by atoms with Gasteiger partial charge in [-0.15, -0.1) is 11.3 Å². The van der Waals surface area contributed by atoms with Crippen molar-refractivity contribution in [2.75, 3.05) is 26.2 Å². The molecule has 6 heteroatoms. The number of carbonyl (C=O) groups is 1. The molecule has 0 spiro atoms. The number of aromatic nitrogens is 2. The molecule has 2 unspecified atom stereocenters. The van der Waals surface area contributed by atoms with Crippen molar-refractivity contribution in [3.63, 3.8) is 0 Å². The Morgan fingerprint density at radius 2 is 2.18 bits per heavy atom. The fraction of sp³-hybridized carbons (Fsp3) is 0.500. The van der Waals surface area contributed by atoms with Crippen molar-refractivity contribution in [2.45, 2.75) is 26.3 Å². The van der Waals surface area contributed by atoms with E-state index in [1.54, 1.807) is 17.5 Å². The number of amides is 1. The van der Waals surface area contributed by atoms with E-state index in [1.165, 1.54) is 0 Å². The van der Waals surface area contributed by atoms with E-state index in [2.05, 4.69) is 19.4 Å². The number of hydrogen-bond donors (Lipinski definition) is 0. The Kier molecular flexibility index (Phi) is 3.31. The Balaban J connectivity index is 1.68. The van der Waals surface area contributed by atoms with Crippen LogP contribution in [-0.2, 0) is 0 Å². The van der Waals surface area contributed by atoms with Gasteiger partial charge in [0.05, 0.1) is 5.56 Å². The van der Waals surface area contributed by atoms with Gasteiger partial charge < -0.3 is 4.90 Å². The lowest BCUT2D eigenvalue weighted by atomic mass is 10.1. The highest BCUT2D eigenvalue weighted by Crippen LogP contribution is 2.27. The zero-order valence-corrected chi connectivity index (χ0v) is 13.8. The molecule has 0 radical (unpaired) electrons. The SMILES string of the molecule is Cc1cc(C(=O)N2CCN3CCC2C3)c(C)n1-c1nccs1. The van der Waals surface area contributed by atoms with E-state index in [-0.39, 0.29) is 5.91 Å². The Labute approximate surface area is 134 Å². The van der Waals surface area contributed by atoms with Gasteiger partial charge in [0.2, 0.25) is 0 Å². The molecule has 4 rings (SSSR count). The van der Waals surface area contributed by atoms with Crippen LogP contribution >= 0.6 is 11.3 Å². The predicted octanol–water partition coefficient (Wildman–Crippen LogP) is 2.08. The minimum Gasteiger partial charge on any atom is -0.333 e. The average molecular weight is 316 g/mol. The van der Waals surface area contributed by atoms with Crippen LogP contribution in [0.1, 0.15) is 28.2 Å². The molecule has 0 N–H and O–H groups in total. The molecule has 0 aliphatic carbocycles. The van der Waals surface area contributed by atoms with E-state index in [0.717, 1.165) is 54.7 Å². The van der Waals surface area contributed by atoms with Gasteiger partial charge in [-0.3, -0.25) is 14.3 Å². The highest BCUT2D eigenvalue weighted by atomic mass is 32.1. The number of nitrogens with zero attached hydrogens (tertiary/aromatic N) is 4. The third-order valence-corrected chi connectivity index (χ3v) is 5.63. The van der Waals surface area contributed by atoms with Gasteiger partial charge in [-0.1, -0.05) is 0 Å². The normalized spacial score (nSPS) is 24.0. The molecule has 2 aliphatic rings. The third kappa shape index (κ3) is 2.09. The van der Waals surface area contributed by atoms with Crippen molar-refractivity contribution in [1.29, 1.82) is 0 Å². The molecule has 22 heavy (non-hydrogen) atoms. The van der Waals surface area contributed by atoms with Crippen molar-refractivity contribution >= 4 is 17.2 Å². The van der Waals surface area contributed by atoms with E-state index < -0.39 is 0 Å². The maximum absolute atomic E-state index is 13.0. The Bertz CT molecular complexity index is 706. The van der Waals surface area contributed by atoms with Gasteiger partial charge in [-0.05, 0) is 26.3 Å². The maximum atomic E-state index is 13.0. The van der Waals surface area contributed by atoms with Crippen LogP contribution in [0, 0.1) is 13.8 Å². The molecular formula is C16H20N4OS. The van der Waals surface area contributed by atoms with Crippen LogP contribution in [0.15, 0.2) is 17.6 Å². The first-order valence-electron chi connectivity index (χ1n) is 7.77. The van der Waals surface area contributed by atoms with Crippen LogP contribution in [0.3, 0.4) is 0 Å². The number of aryl methyl sites for hydroxylation is 1. The highest BCUT2D eigenvalue weighted by molar-refractivity contribution is 7.12. The van der Waals surface area contributed by atoms with Crippen molar-refractivity contribution in [1.82, 2.24) is 19.4 Å². The summed E-state index contributed by atoms with van der Waals surface area (Å²) in [5.74, 6) is 0.183. The van der Waals surface area contributed by atoms with Crippen LogP contribution in [0.25, 0.3) is 5.13 Å². The number of piperazine rings is 1. The Morgan fingerprint density at radius 1 is 1.32 bits per heavy atom. The second-order valence-corrected chi connectivity index (χ2v) is 7.05. The number of hydrogen-bond acceptors (Lipinski definition) is 4. The zero-order chi connectivity index (χ0) is 15.3. The van der Waals surface area contributed by atoms with Crippen LogP contribution in [-0.4, -0.2) is 57.5 Å². The molecule has 2 bridgehead atoms. The molecule has 2 aromatic rings. The largest absolute Gasteiger partial charge is 0.333 e. The molecule has 2 atom stereocenters. The van der Waals surface area contributed by atoms with Crippen molar-refractivity contribution in [3.8, 4) is 5.13 Å². The summed E-state index contributed by atoms with van der Waals surface area (Å²) in [6.45, 7) is 8.09. The molecular weight excluding hydrogens is 296 g/mol. The first-order chi connectivity index (χ1) is 10.6. The lowest BCUT2D eigenvalue weighted by molar-refractivity contribution is 0.0608. The maximum Gasteiger partial charge on any atom is 0.256 e. The molecule has 2 aliphatic heterocycles. The summed E-state index contributed by atoms with van der Waals surface area (Å²) in [7, 11) is 0. The minimum atomic E-state index is 0.183. The molecule has 116 valence electrons. The van der Waals surface area contributed by atoms with Crippen LogP contribution in [0.5, 0.6) is 0 Å². The summed E-state index contributed by atoms with van der Waals surface area (Å²) in [5, 5.41) is 2.90. The van der Waals surface area contributed by atoms with E-state index in [0.29, 0.717) is 6.04 Å². The molecule has 1 amide bonds. The van der Waals surface area contributed by atoms with Crippen molar-refractivity contribution in [3.05, 3.63) is 34.6 Å². The first kappa shape index (κ1) is 14.0. The van der Waals surface area contributed by atoms with Crippen LogP contribution < -0.4 is 0 Å². The monoisotopic (exact) mass is 316 g/mol. The van der Waals surface area contributed by atoms with E-state index in [9.17, 15) is 4.79 Å². The number of rotatable bonds is 2. The van der Waals surface area contributed by atoms with Gasteiger partial charge in [0.15, 0.2) is 5.13 Å². The topological polar surface area (TPSA) is 41.4 Å². The third-order valence-electron chi connectivity index (χ3n) is 4.88. The van der Waals surface area contributed by atoms with E-state index >= 15 is 0 Å². The van der Waals surface area contributed by atoms with Gasteiger partial charge in [0.25, 0.3) is 5.91 Å². The smallest absolute Gasteiger partial charge is 0.256 e. The fourth-order valence-corrected chi connectivity index (χ4v) is 4.48. The summed E-state index contributed by atoms with van der Waals surface area (Å²) in [4.78, 5) is 21.9. The lowest BCUT2D eigenvalue weighted by Crippen LogP contribution is -2.49. The van der Waals surface area contributed by atoms with Gasteiger partial charge in [0, 0.05) is 55.2 Å². The summed E-state index contributed by atoms with van der Waals surface area (Å²) < 4.78 is 2.09. The van der Waals surface area contributed by atoms with Crippen molar-refractivity contribution < 1.29 is 4.79 Å². The quantitative estimate of drug-likeness (QED) is 0.852. The van der Waals surface area contributed by atoms with E-state index in [1.807, 2.05) is 25.3 Å². The number of thiazole rings is 1. The van der Waals surface area contributed by atoms with E-state index in [4.69, 9.17) is 0 Å². The predicted molar refractivity (Wildman–Crippen MR) is 86.8 cm³/mol. The molecule has 4 heterocycles. The first-order valence-corrected chi connectivity index (χ1v) is 8.65. The van der Waals surface area contributed by atoms with Crippen molar-refractivity contribution in [2.24, 2.45) is 0 Å². The summed E-state index contributed by atoms with van der Waals surface area (Å²) in [6.07, 6.45) is 2.91. The van der Waals surface area contributed by atoms with Crippen LogP contribution in [0.2, 0.25) is 0 Å². The summed E-state index contributed by atoms with van der Waals surface area (Å²) >= 11 is 1.60. The van der Waals surface area contributed by atoms with Gasteiger partial charge >= 0.3 is 0 Å². The molecule has 0 aromatic carbocycles. The van der Waals surface area contributed by atoms with Gasteiger partial charge in [-0.2, -0.15) is 0 Å². The Hall–Kier alpha value is -1.66.